The third-order valence-corrected chi connectivity index (χ3v) is 4.97. The number of aliphatic hydroxyl groups excluding tert-OH is 1. The summed E-state index contributed by atoms with van der Waals surface area (Å²) in [5.74, 6) is 0. The summed E-state index contributed by atoms with van der Waals surface area (Å²) in [4.78, 5) is 2.40. The maximum absolute atomic E-state index is 10.3. The molecule has 0 spiro atoms. The Balaban J connectivity index is 1.48. The minimum absolute atomic E-state index is 0.170. The van der Waals surface area contributed by atoms with Crippen LogP contribution in [0.15, 0.2) is 24.3 Å². The maximum Gasteiger partial charge on any atom is 0.0900 e. The summed E-state index contributed by atoms with van der Waals surface area (Å²) in [6, 6.07) is 8.59. The largest absolute Gasteiger partial charge is 0.389 e. The molecule has 1 aliphatic heterocycles. The van der Waals surface area contributed by atoms with Crippen LogP contribution in [0.25, 0.3) is 0 Å². The number of nitrogens with zero attached hydrogens (tertiary/aromatic N) is 1. The monoisotopic (exact) mass is 303 g/mol. The molecule has 1 heterocycles. The summed E-state index contributed by atoms with van der Waals surface area (Å²) in [7, 11) is 0. The molecule has 2 aliphatic rings. The number of likely N-dealkylation sites (tertiary alicyclic amines) is 1. The molecule has 3 heteroatoms. The van der Waals surface area contributed by atoms with Gasteiger partial charge in [0.15, 0.2) is 0 Å². The van der Waals surface area contributed by atoms with Gasteiger partial charge in [-0.2, -0.15) is 0 Å². The highest BCUT2D eigenvalue weighted by atomic mass is 16.5. The van der Waals surface area contributed by atoms with Crippen molar-refractivity contribution in [3.63, 3.8) is 0 Å². The van der Waals surface area contributed by atoms with E-state index >= 15 is 0 Å². The fourth-order valence-corrected chi connectivity index (χ4v) is 3.78. The van der Waals surface area contributed by atoms with Crippen molar-refractivity contribution >= 4 is 0 Å². The molecule has 1 aliphatic carbocycles. The Labute approximate surface area is 134 Å². The van der Waals surface area contributed by atoms with Crippen LogP contribution >= 0.6 is 0 Å². The number of rotatable bonds is 5. The van der Waals surface area contributed by atoms with Crippen LogP contribution in [-0.4, -0.2) is 42.4 Å². The lowest BCUT2D eigenvalue weighted by Crippen LogP contribution is -2.36. The molecule has 1 aromatic carbocycles. The number of hydrogen-bond donors (Lipinski definition) is 1. The highest BCUT2D eigenvalue weighted by Gasteiger charge is 2.22. The zero-order valence-electron chi connectivity index (χ0n) is 13.5. The van der Waals surface area contributed by atoms with Crippen molar-refractivity contribution in [1.82, 2.24) is 4.90 Å². The quantitative estimate of drug-likeness (QED) is 0.906. The highest BCUT2D eigenvalue weighted by Crippen LogP contribution is 2.32. The molecule has 22 heavy (non-hydrogen) atoms. The summed E-state index contributed by atoms with van der Waals surface area (Å²) in [6.07, 6.45) is 8.43. The topological polar surface area (TPSA) is 32.7 Å². The van der Waals surface area contributed by atoms with Crippen LogP contribution in [0.4, 0.5) is 0 Å². The van der Waals surface area contributed by atoms with E-state index < -0.39 is 0 Å². The van der Waals surface area contributed by atoms with Crippen molar-refractivity contribution < 1.29 is 9.84 Å². The molecule has 2 atom stereocenters. The molecule has 0 radical (unpaired) electrons. The minimum atomic E-state index is -0.368. The first-order valence-electron chi connectivity index (χ1n) is 8.93. The van der Waals surface area contributed by atoms with Crippen molar-refractivity contribution in [2.45, 2.75) is 57.2 Å². The predicted molar refractivity (Wildman–Crippen MR) is 89.0 cm³/mol. The number of β-amino-alcohol motifs (C(OH)–C–C–N with tert-alkyl or cyclic N) is 1. The van der Waals surface area contributed by atoms with Gasteiger partial charge >= 0.3 is 0 Å². The van der Waals surface area contributed by atoms with E-state index in [0.29, 0.717) is 6.61 Å². The van der Waals surface area contributed by atoms with Crippen LogP contribution in [0.5, 0.6) is 0 Å². The normalized spacial score (nSPS) is 24.5. The highest BCUT2D eigenvalue weighted by molar-refractivity contribution is 5.31. The lowest BCUT2D eigenvalue weighted by atomic mass is 9.89. The van der Waals surface area contributed by atoms with E-state index in [2.05, 4.69) is 29.2 Å². The van der Waals surface area contributed by atoms with E-state index in [1.54, 1.807) is 0 Å². The van der Waals surface area contributed by atoms with Crippen LogP contribution in [0.1, 0.15) is 55.8 Å². The Morgan fingerprint density at radius 2 is 1.86 bits per heavy atom. The molecule has 0 bridgehead atoms. The minimum Gasteiger partial charge on any atom is -0.389 e. The number of hydrogen-bond acceptors (Lipinski definition) is 3. The molecule has 1 fully saturated rings. The molecule has 1 N–H and O–H groups in total. The molecule has 0 saturated carbocycles. The molecule has 0 aromatic heterocycles. The second-order valence-electron chi connectivity index (χ2n) is 6.78. The van der Waals surface area contributed by atoms with Crippen molar-refractivity contribution in [1.29, 1.82) is 0 Å². The summed E-state index contributed by atoms with van der Waals surface area (Å²) in [6.45, 7) is 3.47. The fourth-order valence-electron chi connectivity index (χ4n) is 3.78. The van der Waals surface area contributed by atoms with Gasteiger partial charge in [0, 0.05) is 6.54 Å². The number of aryl methyl sites for hydroxylation is 1. The summed E-state index contributed by atoms with van der Waals surface area (Å²) < 4.78 is 6.07. The van der Waals surface area contributed by atoms with Gasteiger partial charge in [0.2, 0.25) is 0 Å². The van der Waals surface area contributed by atoms with E-state index in [-0.39, 0.29) is 12.2 Å². The first-order valence-corrected chi connectivity index (χ1v) is 8.93. The van der Waals surface area contributed by atoms with Crippen LogP contribution in [0.2, 0.25) is 0 Å². The van der Waals surface area contributed by atoms with Gasteiger partial charge < -0.3 is 14.7 Å². The number of fused-ring (bicyclic) bond motifs is 1. The lowest BCUT2D eigenvalue weighted by molar-refractivity contribution is -0.0278. The Morgan fingerprint density at radius 3 is 2.68 bits per heavy atom. The summed E-state index contributed by atoms with van der Waals surface area (Å²) in [5, 5.41) is 10.3. The number of aliphatic hydroxyl groups is 1. The molecule has 122 valence electrons. The van der Waals surface area contributed by atoms with E-state index in [1.165, 1.54) is 43.2 Å². The second kappa shape index (κ2) is 8.09. The molecular weight excluding hydrogens is 274 g/mol. The average Bonchev–Trinajstić information content (AvgIpc) is 2.81. The Morgan fingerprint density at radius 1 is 1.09 bits per heavy atom. The van der Waals surface area contributed by atoms with E-state index in [0.717, 1.165) is 32.5 Å². The van der Waals surface area contributed by atoms with Gasteiger partial charge in [-0.15, -0.1) is 0 Å². The van der Waals surface area contributed by atoms with Gasteiger partial charge in [-0.25, -0.2) is 0 Å². The van der Waals surface area contributed by atoms with Crippen molar-refractivity contribution in [3.05, 3.63) is 35.4 Å². The summed E-state index contributed by atoms with van der Waals surface area (Å²) >= 11 is 0. The van der Waals surface area contributed by atoms with E-state index in [1.807, 2.05) is 0 Å². The summed E-state index contributed by atoms with van der Waals surface area (Å²) in [5.41, 5.74) is 2.75. The Hall–Kier alpha value is -0.900. The van der Waals surface area contributed by atoms with Crippen LogP contribution < -0.4 is 0 Å². The SMILES string of the molecule is OC(COC1CCCc2ccccc21)CN1CCCCCC1. The molecule has 2 unspecified atom stereocenters. The van der Waals surface area contributed by atoms with Gasteiger partial charge in [-0.05, 0) is 56.3 Å². The van der Waals surface area contributed by atoms with E-state index in [4.69, 9.17) is 4.74 Å². The number of benzene rings is 1. The first kappa shape index (κ1) is 16.0. The molecule has 3 rings (SSSR count). The smallest absolute Gasteiger partial charge is 0.0900 e. The van der Waals surface area contributed by atoms with Gasteiger partial charge in [-0.1, -0.05) is 37.1 Å². The molecule has 3 nitrogen and oxygen atoms in total. The second-order valence-corrected chi connectivity index (χ2v) is 6.78. The van der Waals surface area contributed by atoms with E-state index in [9.17, 15) is 5.11 Å². The lowest BCUT2D eigenvalue weighted by Gasteiger charge is -2.28. The third kappa shape index (κ3) is 4.31. The van der Waals surface area contributed by atoms with Crippen molar-refractivity contribution in [2.24, 2.45) is 0 Å². The van der Waals surface area contributed by atoms with Gasteiger partial charge in [0.05, 0.1) is 18.8 Å². The molecule has 1 aromatic rings. The fraction of sp³-hybridized carbons (Fsp3) is 0.684. The first-order chi connectivity index (χ1) is 10.8. The Bertz CT molecular complexity index is 455. The third-order valence-electron chi connectivity index (χ3n) is 4.97. The van der Waals surface area contributed by atoms with Crippen LogP contribution in [-0.2, 0) is 11.2 Å². The van der Waals surface area contributed by atoms with Crippen LogP contribution in [0, 0.1) is 0 Å². The average molecular weight is 303 g/mol. The van der Waals surface area contributed by atoms with Gasteiger partial charge in [0.1, 0.15) is 0 Å². The molecular formula is C19H29NO2. The standard InChI is InChI=1S/C19H29NO2/c21-17(14-20-12-5-1-2-6-13-20)15-22-19-11-7-9-16-8-3-4-10-18(16)19/h3-4,8,10,17,19,21H,1-2,5-7,9,11-15H2. The van der Waals surface area contributed by atoms with Crippen LogP contribution in [0.3, 0.4) is 0 Å². The zero-order valence-corrected chi connectivity index (χ0v) is 13.5. The van der Waals surface area contributed by atoms with Gasteiger partial charge in [0.25, 0.3) is 0 Å². The Kier molecular flexibility index (Phi) is 5.88. The van der Waals surface area contributed by atoms with Crippen molar-refractivity contribution in [2.75, 3.05) is 26.2 Å². The molecule has 1 saturated heterocycles. The maximum atomic E-state index is 10.3. The molecule has 0 amide bonds. The number of ether oxygens (including phenoxy) is 1. The predicted octanol–water partition coefficient (Wildman–Crippen LogP) is 3.32. The van der Waals surface area contributed by atoms with Gasteiger partial charge in [-0.3, -0.25) is 0 Å². The zero-order chi connectivity index (χ0) is 15.2. The van der Waals surface area contributed by atoms with Crippen molar-refractivity contribution in [3.8, 4) is 0 Å².